The van der Waals surface area contributed by atoms with Gasteiger partial charge in [0.25, 0.3) is 0 Å². The molecule has 18 heavy (non-hydrogen) atoms. The summed E-state index contributed by atoms with van der Waals surface area (Å²) < 4.78 is 12.3. The fourth-order valence-electron chi connectivity index (χ4n) is 2.50. The zero-order chi connectivity index (χ0) is 13.9. The van der Waals surface area contributed by atoms with E-state index >= 15 is 0 Å². The smallest absolute Gasteiger partial charge is 0.232 e. The minimum absolute atomic E-state index is 0.0209. The molecule has 0 aromatic carbocycles. The molecule has 3 N–H and O–H groups in total. The van der Waals surface area contributed by atoms with E-state index in [1.54, 1.807) is 0 Å². The number of hydrogen-bond donors (Lipinski definition) is 2. The molecule has 0 aromatic rings. The number of carbonyl (C=O) groups excluding carboxylic acids is 1. The SMILES string of the molecule is CC(C)NC(=O)CS(=O)C1CCCC(C)(C)C1N. The topological polar surface area (TPSA) is 72.2 Å². The molecule has 0 saturated heterocycles. The Hall–Kier alpha value is -0.420. The molecule has 0 bridgehead atoms. The van der Waals surface area contributed by atoms with Gasteiger partial charge in [0.1, 0.15) is 5.75 Å². The molecule has 106 valence electrons. The lowest BCUT2D eigenvalue weighted by Gasteiger charge is -2.41. The third-order valence-corrected chi connectivity index (χ3v) is 5.42. The van der Waals surface area contributed by atoms with Crippen molar-refractivity contribution in [3.63, 3.8) is 0 Å². The molecule has 0 aliphatic heterocycles. The Balaban J connectivity index is 2.58. The fourth-order valence-corrected chi connectivity index (χ4v) is 4.18. The maximum absolute atomic E-state index is 12.3. The van der Waals surface area contributed by atoms with Gasteiger partial charge in [0.15, 0.2) is 0 Å². The largest absolute Gasteiger partial charge is 0.353 e. The normalized spacial score (nSPS) is 29.0. The van der Waals surface area contributed by atoms with Gasteiger partial charge in [-0.1, -0.05) is 20.3 Å². The third kappa shape index (κ3) is 4.05. The van der Waals surface area contributed by atoms with Gasteiger partial charge < -0.3 is 11.1 Å². The van der Waals surface area contributed by atoms with Crippen molar-refractivity contribution in [2.24, 2.45) is 11.1 Å². The zero-order valence-electron chi connectivity index (χ0n) is 11.9. The summed E-state index contributed by atoms with van der Waals surface area (Å²) in [5, 5.41) is 2.73. The highest BCUT2D eigenvalue weighted by atomic mass is 32.2. The molecule has 4 nitrogen and oxygen atoms in total. The lowest BCUT2D eigenvalue weighted by atomic mass is 9.73. The molecule has 5 heteroatoms. The van der Waals surface area contributed by atoms with Crippen LogP contribution in [0.25, 0.3) is 0 Å². The van der Waals surface area contributed by atoms with Gasteiger partial charge in [-0.15, -0.1) is 0 Å². The van der Waals surface area contributed by atoms with Gasteiger partial charge in [0.05, 0.1) is 5.25 Å². The fraction of sp³-hybridized carbons (Fsp3) is 0.923. The molecule has 1 saturated carbocycles. The van der Waals surface area contributed by atoms with Crippen molar-refractivity contribution in [1.82, 2.24) is 5.32 Å². The van der Waals surface area contributed by atoms with Crippen LogP contribution in [0.5, 0.6) is 0 Å². The molecular weight excluding hydrogens is 248 g/mol. The standard InChI is InChI=1S/C13H26N2O2S/c1-9(2)15-11(16)8-18(17)10-6-5-7-13(3,4)12(10)14/h9-10,12H,5-8,14H2,1-4H3,(H,15,16). The van der Waals surface area contributed by atoms with Gasteiger partial charge in [-0.25, -0.2) is 0 Å². The molecule has 0 radical (unpaired) electrons. The Labute approximate surface area is 113 Å². The predicted molar refractivity (Wildman–Crippen MR) is 75.7 cm³/mol. The first-order chi connectivity index (χ1) is 8.24. The quantitative estimate of drug-likeness (QED) is 0.808. The monoisotopic (exact) mass is 274 g/mol. The van der Waals surface area contributed by atoms with E-state index in [1.165, 1.54) is 0 Å². The highest BCUT2D eigenvalue weighted by Crippen LogP contribution is 2.36. The van der Waals surface area contributed by atoms with E-state index in [2.05, 4.69) is 19.2 Å². The van der Waals surface area contributed by atoms with Crippen LogP contribution in [0.15, 0.2) is 0 Å². The first-order valence-electron chi connectivity index (χ1n) is 6.66. The van der Waals surface area contributed by atoms with Crippen LogP contribution in [-0.4, -0.2) is 33.2 Å². The Morgan fingerprint density at radius 3 is 2.67 bits per heavy atom. The van der Waals surface area contributed by atoms with Gasteiger partial charge in [0, 0.05) is 22.9 Å². The van der Waals surface area contributed by atoms with Crippen LogP contribution in [0, 0.1) is 5.41 Å². The molecule has 1 fully saturated rings. The number of nitrogens with two attached hydrogens (primary N) is 1. The van der Waals surface area contributed by atoms with E-state index in [1.807, 2.05) is 13.8 Å². The Morgan fingerprint density at radius 2 is 2.11 bits per heavy atom. The van der Waals surface area contributed by atoms with Crippen LogP contribution in [0.2, 0.25) is 0 Å². The number of amides is 1. The molecular formula is C13H26N2O2S. The van der Waals surface area contributed by atoms with Gasteiger partial charge in [-0.2, -0.15) is 0 Å². The molecule has 1 amide bonds. The van der Waals surface area contributed by atoms with Crippen LogP contribution in [0.1, 0.15) is 47.0 Å². The van der Waals surface area contributed by atoms with Crippen molar-refractivity contribution in [3.8, 4) is 0 Å². The first kappa shape index (κ1) is 15.6. The molecule has 1 aliphatic carbocycles. The number of nitrogens with one attached hydrogen (secondary N) is 1. The van der Waals surface area contributed by atoms with E-state index in [4.69, 9.17) is 5.73 Å². The molecule has 0 heterocycles. The molecule has 1 rings (SSSR count). The number of carbonyl (C=O) groups is 1. The van der Waals surface area contributed by atoms with E-state index < -0.39 is 10.8 Å². The molecule has 0 spiro atoms. The van der Waals surface area contributed by atoms with E-state index in [0.29, 0.717) is 0 Å². The van der Waals surface area contributed by atoms with Crippen molar-refractivity contribution in [1.29, 1.82) is 0 Å². The Kier molecular flexibility index (Phi) is 5.34. The van der Waals surface area contributed by atoms with Crippen molar-refractivity contribution in [2.45, 2.75) is 64.3 Å². The summed E-state index contributed by atoms with van der Waals surface area (Å²) in [6.45, 7) is 8.04. The summed E-state index contributed by atoms with van der Waals surface area (Å²) in [6.07, 6.45) is 2.98. The van der Waals surface area contributed by atoms with Crippen molar-refractivity contribution >= 4 is 16.7 Å². The summed E-state index contributed by atoms with van der Waals surface area (Å²) in [5.41, 5.74) is 6.23. The van der Waals surface area contributed by atoms with Crippen molar-refractivity contribution in [2.75, 3.05) is 5.75 Å². The van der Waals surface area contributed by atoms with Crippen LogP contribution < -0.4 is 11.1 Å². The summed E-state index contributed by atoms with van der Waals surface area (Å²) >= 11 is 0. The van der Waals surface area contributed by atoms with Crippen LogP contribution in [0.4, 0.5) is 0 Å². The van der Waals surface area contributed by atoms with Gasteiger partial charge in [-0.05, 0) is 32.1 Å². The lowest BCUT2D eigenvalue weighted by Crippen LogP contribution is -2.52. The second-order valence-electron chi connectivity index (χ2n) is 6.19. The summed E-state index contributed by atoms with van der Waals surface area (Å²) in [5.74, 6) is -0.0639. The Morgan fingerprint density at radius 1 is 1.50 bits per heavy atom. The van der Waals surface area contributed by atoms with Gasteiger partial charge >= 0.3 is 0 Å². The van der Waals surface area contributed by atoms with Gasteiger partial charge in [0.2, 0.25) is 5.91 Å². The number of rotatable bonds is 4. The second-order valence-corrected chi connectivity index (χ2v) is 7.85. The first-order valence-corrected chi connectivity index (χ1v) is 8.04. The van der Waals surface area contributed by atoms with Gasteiger partial charge in [-0.3, -0.25) is 9.00 Å². The van der Waals surface area contributed by atoms with Crippen molar-refractivity contribution in [3.05, 3.63) is 0 Å². The van der Waals surface area contributed by atoms with Crippen LogP contribution >= 0.6 is 0 Å². The average Bonchev–Trinajstić information content (AvgIpc) is 2.20. The van der Waals surface area contributed by atoms with Crippen LogP contribution in [-0.2, 0) is 15.6 Å². The summed E-state index contributed by atoms with van der Waals surface area (Å²) in [7, 11) is -1.17. The molecule has 1 aliphatic rings. The van der Waals surface area contributed by atoms with E-state index in [-0.39, 0.29) is 34.4 Å². The molecule has 3 unspecified atom stereocenters. The highest BCUT2D eigenvalue weighted by molar-refractivity contribution is 7.86. The second kappa shape index (κ2) is 6.15. The Bertz CT molecular complexity index is 329. The maximum Gasteiger partial charge on any atom is 0.232 e. The van der Waals surface area contributed by atoms with E-state index in [0.717, 1.165) is 19.3 Å². The average molecular weight is 274 g/mol. The van der Waals surface area contributed by atoms with Crippen LogP contribution in [0.3, 0.4) is 0 Å². The molecule has 3 atom stereocenters. The maximum atomic E-state index is 12.3. The zero-order valence-corrected chi connectivity index (χ0v) is 12.7. The minimum Gasteiger partial charge on any atom is -0.353 e. The number of hydrogen-bond acceptors (Lipinski definition) is 3. The minimum atomic E-state index is -1.17. The molecule has 0 aromatic heterocycles. The van der Waals surface area contributed by atoms with Crippen molar-refractivity contribution < 1.29 is 9.00 Å². The highest BCUT2D eigenvalue weighted by Gasteiger charge is 2.39. The lowest BCUT2D eigenvalue weighted by molar-refractivity contribution is -0.119. The summed E-state index contributed by atoms with van der Waals surface area (Å²) in [4.78, 5) is 11.6. The summed E-state index contributed by atoms with van der Waals surface area (Å²) in [6, 6.07) is 0.00454. The van der Waals surface area contributed by atoms with E-state index in [9.17, 15) is 9.00 Å². The third-order valence-electron chi connectivity index (χ3n) is 3.67. The predicted octanol–water partition coefficient (Wildman–Crippen LogP) is 1.17.